The molecule has 0 amide bonds. The molecule has 1 aromatic heterocycles. The van der Waals surface area contributed by atoms with Crippen molar-refractivity contribution in [2.45, 2.75) is 52.8 Å². The second kappa shape index (κ2) is 7.68. The molecule has 0 atom stereocenters. The number of hydrogen-bond acceptors (Lipinski definition) is 4. The SMILES string of the molecule is COCCCOCc1cc(CNC(C)(C)C)c(C)o1. The van der Waals surface area contributed by atoms with Gasteiger partial charge in [0.15, 0.2) is 0 Å². The van der Waals surface area contributed by atoms with E-state index >= 15 is 0 Å². The van der Waals surface area contributed by atoms with Crippen molar-refractivity contribution in [3.63, 3.8) is 0 Å². The lowest BCUT2D eigenvalue weighted by Crippen LogP contribution is -2.35. The maximum atomic E-state index is 5.69. The molecule has 1 N–H and O–H groups in total. The quantitative estimate of drug-likeness (QED) is 0.737. The zero-order valence-electron chi connectivity index (χ0n) is 12.8. The first kappa shape index (κ1) is 16.2. The monoisotopic (exact) mass is 269 g/mol. The Hall–Kier alpha value is -0.840. The van der Waals surface area contributed by atoms with E-state index in [1.807, 2.05) is 6.92 Å². The van der Waals surface area contributed by atoms with Gasteiger partial charge in [0.1, 0.15) is 18.1 Å². The van der Waals surface area contributed by atoms with Gasteiger partial charge in [0.25, 0.3) is 0 Å². The molecule has 1 heterocycles. The number of ether oxygens (including phenoxy) is 2. The summed E-state index contributed by atoms with van der Waals surface area (Å²) >= 11 is 0. The molecule has 0 spiro atoms. The maximum Gasteiger partial charge on any atom is 0.130 e. The molecule has 0 saturated heterocycles. The number of hydrogen-bond donors (Lipinski definition) is 1. The highest BCUT2D eigenvalue weighted by molar-refractivity contribution is 5.20. The Labute approximate surface area is 116 Å². The molecule has 0 aromatic carbocycles. The van der Waals surface area contributed by atoms with Gasteiger partial charge in [-0.1, -0.05) is 0 Å². The van der Waals surface area contributed by atoms with E-state index < -0.39 is 0 Å². The average Bonchev–Trinajstić information content (AvgIpc) is 2.66. The van der Waals surface area contributed by atoms with Crippen molar-refractivity contribution in [1.82, 2.24) is 5.32 Å². The van der Waals surface area contributed by atoms with Gasteiger partial charge in [-0.3, -0.25) is 0 Å². The van der Waals surface area contributed by atoms with Crippen LogP contribution in [0.5, 0.6) is 0 Å². The van der Waals surface area contributed by atoms with Crippen LogP contribution in [0.3, 0.4) is 0 Å². The largest absolute Gasteiger partial charge is 0.464 e. The van der Waals surface area contributed by atoms with E-state index in [4.69, 9.17) is 13.9 Å². The standard InChI is InChI=1S/C15H27NO3/c1-12-13(10-16-15(2,3)4)9-14(19-12)11-18-8-6-7-17-5/h9,16H,6-8,10-11H2,1-5H3. The Balaban J connectivity index is 2.36. The van der Waals surface area contributed by atoms with Crippen molar-refractivity contribution in [1.29, 1.82) is 0 Å². The number of rotatable bonds is 8. The van der Waals surface area contributed by atoms with Crippen LogP contribution < -0.4 is 5.32 Å². The van der Waals surface area contributed by atoms with Crippen LogP contribution in [0, 0.1) is 6.92 Å². The van der Waals surface area contributed by atoms with E-state index in [1.165, 1.54) is 5.56 Å². The highest BCUT2D eigenvalue weighted by Gasteiger charge is 2.12. The van der Waals surface area contributed by atoms with Crippen LogP contribution >= 0.6 is 0 Å². The molecule has 4 heteroatoms. The molecule has 19 heavy (non-hydrogen) atoms. The molecular formula is C15H27NO3. The third-order valence-electron chi connectivity index (χ3n) is 2.76. The number of furan rings is 1. The third-order valence-corrected chi connectivity index (χ3v) is 2.76. The summed E-state index contributed by atoms with van der Waals surface area (Å²) in [5, 5.41) is 3.46. The predicted octanol–water partition coefficient (Wildman–Crippen LogP) is 3.03. The molecule has 4 nitrogen and oxygen atoms in total. The summed E-state index contributed by atoms with van der Waals surface area (Å²) in [7, 11) is 1.70. The maximum absolute atomic E-state index is 5.69. The van der Waals surface area contributed by atoms with Crippen LogP contribution in [0.2, 0.25) is 0 Å². The molecule has 0 radical (unpaired) electrons. The van der Waals surface area contributed by atoms with Crippen molar-refractivity contribution >= 4 is 0 Å². The van der Waals surface area contributed by atoms with Crippen molar-refractivity contribution in [2.75, 3.05) is 20.3 Å². The lowest BCUT2D eigenvalue weighted by molar-refractivity contribution is 0.0823. The molecule has 0 aliphatic heterocycles. The van der Waals surface area contributed by atoms with Gasteiger partial charge in [-0.25, -0.2) is 0 Å². The van der Waals surface area contributed by atoms with E-state index in [0.717, 1.165) is 31.1 Å². The first-order valence-corrected chi connectivity index (χ1v) is 6.82. The zero-order chi connectivity index (χ0) is 14.3. The van der Waals surface area contributed by atoms with Gasteiger partial charge in [-0.05, 0) is 40.2 Å². The molecular weight excluding hydrogens is 242 g/mol. The van der Waals surface area contributed by atoms with E-state index in [1.54, 1.807) is 7.11 Å². The second-order valence-electron chi connectivity index (χ2n) is 5.80. The van der Waals surface area contributed by atoms with Crippen LogP contribution in [-0.4, -0.2) is 25.9 Å². The van der Waals surface area contributed by atoms with Crippen LogP contribution in [0.15, 0.2) is 10.5 Å². The van der Waals surface area contributed by atoms with Gasteiger partial charge >= 0.3 is 0 Å². The minimum Gasteiger partial charge on any atom is -0.464 e. The lowest BCUT2D eigenvalue weighted by atomic mass is 10.1. The highest BCUT2D eigenvalue weighted by Crippen LogP contribution is 2.16. The molecule has 0 unspecified atom stereocenters. The zero-order valence-corrected chi connectivity index (χ0v) is 12.8. The van der Waals surface area contributed by atoms with Crippen molar-refractivity contribution < 1.29 is 13.9 Å². The molecule has 1 rings (SSSR count). The average molecular weight is 269 g/mol. The number of methoxy groups -OCH3 is 1. The van der Waals surface area contributed by atoms with Crippen molar-refractivity contribution in [2.24, 2.45) is 0 Å². The van der Waals surface area contributed by atoms with Gasteiger partial charge in [-0.15, -0.1) is 0 Å². The fourth-order valence-electron chi connectivity index (χ4n) is 1.67. The van der Waals surface area contributed by atoms with E-state index in [9.17, 15) is 0 Å². The molecule has 0 fully saturated rings. The van der Waals surface area contributed by atoms with Gasteiger partial charge < -0.3 is 19.2 Å². The van der Waals surface area contributed by atoms with Crippen LogP contribution in [0.25, 0.3) is 0 Å². The summed E-state index contributed by atoms with van der Waals surface area (Å²) in [4.78, 5) is 0. The molecule has 0 aliphatic rings. The van der Waals surface area contributed by atoms with Gasteiger partial charge in [0, 0.05) is 38.0 Å². The third kappa shape index (κ3) is 6.76. The Morgan fingerprint density at radius 1 is 1.26 bits per heavy atom. The summed E-state index contributed by atoms with van der Waals surface area (Å²) in [6.45, 7) is 11.2. The molecule has 0 bridgehead atoms. The van der Waals surface area contributed by atoms with Crippen LogP contribution in [-0.2, 0) is 22.6 Å². The smallest absolute Gasteiger partial charge is 0.130 e. The molecule has 1 aromatic rings. The first-order chi connectivity index (χ1) is 8.92. The lowest BCUT2D eigenvalue weighted by Gasteiger charge is -2.20. The first-order valence-electron chi connectivity index (χ1n) is 6.82. The fraction of sp³-hybridized carbons (Fsp3) is 0.733. The topological polar surface area (TPSA) is 43.6 Å². The summed E-state index contributed by atoms with van der Waals surface area (Å²) in [5.41, 5.74) is 1.31. The van der Waals surface area contributed by atoms with Gasteiger partial charge in [-0.2, -0.15) is 0 Å². The number of nitrogens with one attached hydrogen (secondary N) is 1. The Morgan fingerprint density at radius 2 is 2.00 bits per heavy atom. The summed E-state index contributed by atoms with van der Waals surface area (Å²) in [6.07, 6.45) is 0.911. The fourth-order valence-corrected chi connectivity index (χ4v) is 1.67. The van der Waals surface area contributed by atoms with E-state index in [-0.39, 0.29) is 5.54 Å². The second-order valence-corrected chi connectivity index (χ2v) is 5.80. The molecule has 110 valence electrons. The minimum atomic E-state index is 0.112. The normalized spacial score (nSPS) is 12.1. The Kier molecular flexibility index (Phi) is 6.55. The minimum absolute atomic E-state index is 0.112. The van der Waals surface area contributed by atoms with Gasteiger partial charge in [0.05, 0.1) is 0 Å². The Morgan fingerprint density at radius 3 is 2.63 bits per heavy atom. The Bertz CT molecular complexity index is 366. The van der Waals surface area contributed by atoms with Crippen LogP contribution in [0.1, 0.15) is 44.3 Å². The molecule has 0 saturated carbocycles. The number of aryl methyl sites for hydroxylation is 1. The van der Waals surface area contributed by atoms with Gasteiger partial charge in [0.2, 0.25) is 0 Å². The summed E-state index contributed by atoms with van der Waals surface area (Å²) in [6, 6.07) is 2.07. The van der Waals surface area contributed by atoms with E-state index in [0.29, 0.717) is 13.2 Å². The van der Waals surface area contributed by atoms with Crippen molar-refractivity contribution in [3.8, 4) is 0 Å². The summed E-state index contributed by atoms with van der Waals surface area (Å²) < 4.78 is 16.2. The predicted molar refractivity (Wildman–Crippen MR) is 76.2 cm³/mol. The van der Waals surface area contributed by atoms with Crippen molar-refractivity contribution in [3.05, 3.63) is 23.2 Å². The highest BCUT2D eigenvalue weighted by atomic mass is 16.5. The van der Waals surface area contributed by atoms with E-state index in [2.05, 4.69) is 32.2 Å². The molecule has 0 aliphatic carbocycles. The van der Waals surface area contributed by atoms with Crippen LogP contribution in [0.4, 0.5) is 0 Å². The summed E-state index contributed by atoms with van der Waals surface area (Å²) in [5.74, 6) is 1.85.